The summed E-state index contributed by atoms with van der Waals surface area (Å²) in [5, 5.41) is 0.150. The maximum atomic E-state index is 13.2. The molecule has 1 aliphatic heterocycles. The Balaban J connectivity index is 1.89. The SMILES string of the molecule is CCCN(Cc1ccccc1)C(=O)c1ccc(Cl)c(S(=O)(=O)N2CCCCC2)c1. The van der Waals surface area contributed by atoms with Gasteiger partial charge in [-0.1, -0.05) is 55.3 Å². The number of benzene rings is 2. The van der Waals surface area contributed by atoms with E-state index >= 15 is 0 Å². The Hall–Kier alpha value is -1.89. The third-order valence-electron chi connectivity index (χ3n) is 5.11. The summed E-state index contributed by atoms with van der Waals surface area (Å²) in [7, 11) is -3.71. The minimum absolute atomic E-state index is 0.0167. The molecule has 1 saturated heterocycles. The van der Waals surface area contributed by atoms with Crippen molar-refractivity contribution in [1.29, 1.82) is 0 Å². The summed E-state index contributed by atoms with van der Waals surface area (Å²) >= 11 is 6.24. The summed E-state index contributed by atoms with van der Waals surface area (Å²) in [6.45, 7) is 4.06. The average Bonchev–Trinajstić information content (AvgIpc) is 2.74. The third-order valence-corrected chi connectivity index (χ3v) is 7.49. The van der Waals surface area contributed by atoms with Crippen molar-refractivity contribution in [2.24, 2.45) is 0 Å². The molecule has 1 heterocycles. The Morgan fingerprint density at radius 3 is 2.41 bits per heavy atom. The van der Waals surface area contributed by atoms with Crippen molar-refractivity contribution >= 4 is 27.5 Å². The van der Waals surface area contributed by atoms with Gasteiger partial charge in [-0.25, -0.2) is 8.42 Å². The second-order valence-corrected chi connectivity index (χ2v) is 9.64. The lowest BCUT2D eigenvalue weighted by molar-refractivity contribution is 0.0743. The number of hydrogen-bond acceptors (Lipinski definition) is 3. The van der Waals surface area contributed by atoms with Crippen LogP contribution in [0.4, 0.5) is 0 Å². The maximum absolute atomic E-state index is 13.2. The number of piperidine rings is 1. The van der Waals surface area contributed by atoms with Crippen molar-refractivity contribution in [1.82, 2.24) is 9.21 Å². The van der Waals surface area contributed by atoms with Crippen LogP contribution in [0, 0.1) is 0 Å². The first-order chi connectivity index (χ1) is 13.9. The number of rotatable bonds is 7. The maximum Gasteiger partial charge on any atom is 0.254 e. The molecule has 3 rings (SSSR count). The first-order valence-corrected chi connectivity index (χ1v) is 11.9. The smallest absolute Gasteiger partial charge is 0.254 e. The minimum Gasteiger partial charge on any atom is -0.334 e. The van der Waals surface area contributed by atoms with E-state index in [1.54, 1.807) is 11.0 Å². The average molecular weight is 435 g/mol. The second-order valence-electron chi connectivity index (χ2n) is 7.32. The van der Waals surface area contributed by atoms with Crippen molar-refractivity contribution < 1.29 is 13.2 Å². The summed E-state index contributed by atoms with van der Waals surface area (Å²) in [4.78, 5) is 14.9. The summed E-state index contributed by atoms with van der Waals surface area (Å²) in [6.07, 6.45) is 3.53. The fourth-order valence-corrected chi connectivity index (χ4v) is 5.60. The molecule has 2 aromatic carbocycles. The van der Waals surface area contributed by atoms with Gasteiger partial charge in [0.25, 0.3) is 5.91 Å². The molecule has 5 nitrogen and oxygen atoms in total. The summed E-state index contributed by atoms with van der Waals surface area (Å²) in [6, 6.07) is 14.3. The van der Waals surface area contributed by atoms with Crippen LogP contribution in [0.25, 0.3) is 0 Å². The number of carbonyl (C=O) groups excluding carboxylic acids is 1. The molecular weight excluding hydrogens is 408 g/mol. The molecular formula is C22H27ClN2O3S. The molecule has 1 amide bonds. The minimum atomic E-state index is -3.71. The second kappa shape index (κ2) is 9.74. The Kier molecular flexibility index (Phi) is 7.33. The van der Waals surface area contributed by atoms with Crippen LogP contribution in [0.5, 0.6) is 0 Å². The van der Waals surface area contributed by atoms with E-state index in [0.29, 0.717) is 31.7 Å². The van der Waals surface area contributed by atoms with Gasteiger partial charge in [-0.3, -0.25) is 4.79 Å². The third kappa shape index (κ3) is 5.18. The van der Waals surface area contributed by atoms with Crippen LogP contribution >= 0.6 is 11.6 Å². The van der Waals surface area contributed by atoms with Gasteiger partial charge in [0.05, 0.1) is 5.02 Å². The predicted octanol–water partition coefficient (Wildman–Crippen LogP) is 4.57. The lowest BCUT2D eigenvalue weighted by atomic mass is 10.1. The van der Waals surface area contributed by atoms with E-state index in [1.807, 2.05) is 37.3 Å². The first kappa shape index (κ1) is 21.8. The zero-order valence-electron chi connectivity index (χ0n) is 16.7. The molecule has 0 unspecified atom stereocenters. The Morgan fingerprint density at radius 2 is 1.76 bits per heavy atom. The monoisotopic (exact) mass is 434 g/mol. The summed E-state index contributed by atoms with van der Waals surface area (Å²) in [5.41, 5.74) is 1.37. The standard InChI is InChI=1S/C22H27ClN2O3S/c1-2-13-24(17-18-9-5-3-6-10-18)22(26)19-11-12-20(23)21(16-19)29(27,28)25-14-7-4-8-15-25/h3,5-6,9-12,16H,2,4,7-8,13-15,17H2,1H3. The van der Waals surface area contributed by atoms with Gasteiger partial charge in [0.1, 0.15) is 4.90 Å². The van der Waals surface area contributed by atoms with Crippen molar-refractivity contribution in [3.63, 3.8) is 0 Å². The molecule has 156 valence electrons. The van der Waals surface area contributed by atoms with E-state index < -0.39 is 10.0 Å². The number of nitrogens with zero attached hydrogens (tertiary/aromatic N) is 2. The highest BCUT2D eigenvalue weighted by Gasteiger charge is 2.29. The van der Waals surface area contributed by atoms with E-state index in [0.717, 1.165) is 31.2 Å². The fourth-order valence-electron chi connectivity index (χ4n) is 3.59. The molecule has 0 aromatic heterocycles. The van der Waals surface area contributed by atoms with Crippen LogP contribution in [0.3, 0.4) is 0 Å². The summed E-state index contributed by atoms with van der Waals surface area (Å²) < 4.78 is 27.6. The van der Waals surface area contributed by atoms with Gasteiger partial charge >= 0.3 is 0 Å². The highest BCUT2D eigenvalue weighted by molar-refractivity contribution is 7.89. The number of halogens is 1. The molecule has 0 N–H and O–H groups in total. The topological polar surface area (TPSA) is 57.7 Å². The molecule has 7 heteroatoms. The van der Waals surface area contributed by atoms with Crippen LogP contribution in [0.1, 0.15) is 48.5 Å². The van der Waals surface area contributed by atoms with Crippen molar-refractivity contribution in [3.8, 4) is 0 Å². The quantitative estimate of drug-likeness (QED) is 0.641. The van der Waals surface area contributed by atoms with E-state index in [9.17, 15) is 13.2 Å². The van der Waals surface area contributed by atoms with Gasteiger partial charge in [-0.2, -0.15) is 4.31 Å². The molecule has 0 atom stereocenters. The van der Waals surface area contributed by atoms with Gasteiger partial charge in [-0.15, -0.1) is 0 Å². The fraction of sp³-hybridized carbons (Fsp3) is 0.409. The Bertz CT molecular complexity index is 942. The van der Waals surface area contributed by atoms with E-state index in [2.05, 4.69) is 0 Å². The van der Waals surface area contributed by atoms with Gasteiger partial charge < -0.3 is 4.90 Å². The Labute approximate surface area is 178 Å². The number of hydrogen-bond donors (Lipinski definition) is 0. The molecule has 0 aliphatic carbocycles. The molecule has 0 saturated carbocycles. The van der Waals surface area contributed by atoms with E-state index in [4.69, 9.17) is 11.6 Å². The van der Waals surface area contributed by atoms with Gasteiger partial charge in [-0.05, 0) is 43.0 Å². The lowest BCUT2D eigenvalue weighted by Gasteiger charge is -2.27. The van der Waals surface area contributed by atoms with Gasteiger partial charge in [0.15, 0.2) is 0 Å². The summed E-state index contributed by atoms with van der Waals surface area (Å²) in [5.74, 6) is -0.192. The molecule has 29 heavy (non-hydrogen) atoms. The lowest BCUT2D eigenvalue weighted by Crippen LogP contribution is -2.36. The van der Waals surface area contributed by atoms with Gasteiger partial charge in [0.2, 0.25) is 10.0 Å². The molecule has 0 bridgehead atoms. The van der Waals surface area contributed by atoms with Crippen molar-refractivity contribution in [3.05, 3.63) is 64.7 Å². The molecule has 2 aromatic rings. The number of carbonyl (C=O) groups is 1. The van der Waals surface area contributed by atoms with E-state index in [-0.39, 0.29) is 15.8 Å². The molecule has 1 fully saturated rings. The van der Waals surface area contributed by atoms with Crippen LogP contribution in [-0.2, 0) is 16.6 Å². The van der Waals surface area contributed by atoms with Crippen LogP contribution in [0.2, 0.25) is 5.02 Å². The zero-order valence-corrected chi connectivity index (χ0v) is 18.3. The highest BCUT2D eigenvalue weighted by Crippen LogP contribution is 2.28. The molecule has 0 spiro atoms. The Morgan fingerprint density at radius 1 is 1.07 bits per heavy atom. The van der Waals surface area contributed by atoms with Crippen LogP contribution < -0.4 is 0 Å². The van der Waals surface area contributed by atoms with Crippen LogP contribution in [0.15, 0.2) is 53.4 Å². The molecule has 0 radical (unpaired) electrons. The number of sulfonamides is 1. The van der Waals surface area contributed by atoms with Crippen molar-refractivity contribution in [2.45, 2.75) is 44.0 Å². The van der Waals surface area contributed by atoms with Gasteiger partial charge in [0, 0.05) is 31.7 Å². The normalized spacial score (nSPS) is 15.2. The number of amides is 1. The zero-order chi connectivity index (χ0) is 20.9. The predicted molar refractivity (Wildman–Crippen MR) is 116 cm³/mol. The van der Waals surface area contributed by atoms with E-state index in [1.165, 1.54) is 16.4 Å². The van der Waals surface area contributed by atoms with Crippen LogP contribution in [-0.4, -0.2) is 43.2 Å². The first-order valence-electron chi connectivity index (χ1n) is 10.1. The highest BCUT2D eigenvalue weighted by atomic mass is 35.5. The van der Waals surface area contributed by atoms with Crippen molar-refractivity contribution in [2.75, 3.05) is 19.6 Å². The molecule has 1 aliphatic rings. The largest absolute Gasteiger partial charge is 0.334 e.